The number of hydrogen-bond acceptors (Lipinski definition) is 7. The molecule has 0 saturated heterocycles. The molecule has 2 heterocycles. The fourth-order valence-electron chi connectivity index (χ4n) is 5.78. The second kappa shape index (κ2) is 13.9. The summed E-state index contributed by atoms with van der Waals surface area (Å²) in [4.78, 5) is 33.3. The van der Waals surface area contributed by atoms with E-state index in [0.717, 1.165) is 32.8 Å². The van der Waals surface area contributed by atoms with Gasteiger partial charge in [-0.1, -0.05) is 101 Å². The third-order valence-corrected chi connectivity index (χ3v) is 9.32. The Labute approximate surface area is 279 Å². The largest absolute Gasteiger partial charge is 0.496 e. The SMILES string of the molecule is CCCC1=C(C(=O)OCC)[C@@H](c2cc(Br)ccc2OC)n2c(s/c(=C/c3ccccc3OCc3cccc4ccccc34)c2=O)=N1. The highest BCUT2D eigenvalue weighted by Crippen LogP contribution is 2.38. The van der Waals surface area contributed by atoms with E-state index in [2.05, 4.69) is 40.2 Å². The fraction of sp³-hybridized carbons (Fsp3) is 0.216. The predicted octanol–water partition coefficient (Wildman–Crippen LogP) is 7.08. The molecule has 5 aromatic rings. The van der Waals surface area contributed by atoms with Gasteiger partial charge < -0.3 is 14.2 Å². The van der Waals surface area contributed by atoms with Crippen LogP contribution in [0.4, 0.5) is 0 Å². The summed E-state index contributed by atoms with van der Waals surface area (Å²) in [5.41, 5.74) is 3.19. The van der Waals surface area contributed by atoms with Crippen molar-refractivity contribution in [1.29, 1.82) is 0 Å². The van der Waals surface area contributed by atoms with Crippen LogP contribution in [0.3, 0.4) is 0 Å². The van der Waals surface area contributed by atoms with E-state index < -0.39 is 12.0 Å². The van der Waals surface area contributed by atoms with Crippen molar-refractivity contribution in [2.24, 2.45) is 4.99 Å². The van der Waals surface area contributed by atoms with Crippen molar-refractivity contribution in [3.05, 3.63) is 137 Å². The molecule has 7 nitrogen and oxygen atoms in total. The second-order valence-electron chi connectivity index (χ2n) is 10.8. The second-order valence-corrected chi connectivity index (χ2v) is 12.7. The van der Waals surface area contributed by atoms with Crippen LogP contribution in [0.25, 0.3) is 16.8 Å². The summed E-state index contributed by atoms with van der Waals surface area (Å²) in [6.07, 6.45) is 3.15. The molecule has 1 aromatic heterocycles. The quantitative estimate of drug-likeness (QED) is 0.146. The standard InChI is InChI=1S/C37H33BrN2O5S/c1-4-11-29-33(36(42)44-5-2)34(28-21-26(38)18-19-31(28)43-3)40-35(41)32(46-37(40)39-29)20-24-13-7-9-17-30(24)45-22-25-15-10-14-23-12-6-8-16-27(23)25/h6-10,12-21,34H,4-5,11,22H2,1-3H3/b32-20+/t34-/m1/s1. The number of methoxy groups -OCH3 is 1. The topological polar surface area (TPSA) is 79.1 Å². The molecule has 0 amide bonds. The molecule has 4 aromatic carbocycles. The number of carbonyl (C=O) groups is 1. The third-order valence-electron chi connectivity index (χ3n) is 7.85. The Balaban J connectivity index is 1.48. The molecule has 0 unspecified atom stereocenters. The van der Waals surface area contributed by atoms with Crippen molar-refractivity contribution >= 4 is 50.1 Å². The zero-order chi connectivity index (χ0) is 32.2. The van der Waals surface area contributed by atoms with Crippen molar-refractivity contribution in [3.8, 4) is 11.5 Å². The Kier molecular flexibility index (Phi) is 9.51. The molecule has 0 fully saturated rings. The highest BCUT2D eigenvalue weighted by Gasteiger charge is 2.36. The predicted molar refractivity (Wildman–Crippen MR) is 185 cm³/mol. The van der Waals surface area contributed by atoms with E-state index in [-0.39, 0.29) is 12.2 Å². The Bertz CT molecular complexity index is 2140. The number of aromatic nitrogens is 1. The third kappa shape index (κ3) is 6.17. The molecule has 0 bridgehead atoms. The van der Waals surface area contributed by atoms with Gasteiger partial charge in [0.2, 0.25) is 0 Å². The van der Waals surface area contributed by atoms with Crippen LogP contribution in [0.15, 0.2) is 110 Å². The summed E-state index contributed by atoms with van der Waals surface area (Å²) in [5.74, 6) is 0.711. The Hall–Kier alpha value is -4.47. The maximum Gasteiger partial charge on any atom is 0.338 e. The number of esters is 1. The smallest absolute Gasteiger partial charge is 0.338 e. The minimum atomic E-state index is -0.788. The highest BCUT2D eigenvalue weighted by atomic mass is 79.9. The van der Waals surface area contributed by atoms with Gasteiger partial charge in [0.1, 0.15) is 24.1 Å². The highest BCUT2D eigenvalue weighted by molar-refractivity contribution is 9.10. The fourth-order valence-corrected chi connectivity index (χ4v) is 7.17. The van der Waals surface area contributed by atoms with E-state index in [4.69, 9.17) is 19.2 Å². The number of benzene rings is 4. The van der Waals surface area contributed by atoms with Gasteiger partial charge >= 0.3 is 5.97 Å². The van der Waals surface area contributed by atoms with E-state index >= 15 is 0 Å². The van der Waals surface area contributed by atoms with Crippen LogP contribution < -0.4 is 24.4 Å². The van der Waals surface area contributed by atoms with E-state index in [0.29, 0.717) is 50.7 Å². The number of ether oxygens (including phenoxy) is 3. The van der Waals surface area contributed by atoms with Gasteiger partial charge in [-0.3, -0.25) is 9.36 Å². The summed E-state index contributed by atoms with van der Waals surface area (Å²) < 4.78 is 20.5. The van der Waals surface area contributed by atoms with E-state index in [9.17, 15) is 9.59 Å². The minimum absolute atomic E-state index is 0.198. The van der Waals surface area contributed by atoms with Crippen molar-refractivity contribution in [1.82, 2.24) is 4.57 Å². The number of carbonyl (C=O) groups excluding carboxylic acids is 1. The Morgan fingerprint density at radius 2 is 1.78 bits per heavy atom. The van der Waals surface area contributed by atoms with Crippen molar-refractivity contribution in [2.45, 2.75) is 39.3 Å². The summed E-state index contributed by atoms with van der Waals surface area (Å²) in [6, 6.07) is 26.8. The first-order valence-corrected chi connectivity index (χ1v) is 16.8. The summed E-state index contributed by atoms with van der Waals surface area (Å²) in [5, 5.41) is 2.29. The molecule has 46 heavy (non-hydrogen) atoms. The number of para-hydroxylation sites is 1. The molecule has 0 saturated carbocycles. The van der Waals surface area contributed by atoms with Gasteiger partial charge in [-0.05, 0) is 60.0 Å². The average molecular weight is 698 g/mol. The first-order valence-electron chi connectivity index (χ1n) is 15.2. The van der Waals surface area contributed by atoms with Crippen LogP contribution in [0, 0.1) is 0 Å². The molecule has 0 aliphatic carbocycles. The van der Waals surface area contributed by atoms with Crippen LogP contribution >= 0.6 is 27.3 Å². The van der Waals surface area contributed by atoms with Gasteiger partial charge in [0.15, 0.2) is 4.80 Å². The van der Waals surface area contributed by atoms with E-state index in [1.807, 2.05) is 73.7 Å². The lowest BCUT2D eigenvalue weighted by Gasteiger charge is -2.27. The van der Waals surface area contributed by atoms with Crippen molar-refractivity contribution < 1.29 is 19.0 Å². The summed E-state index contributed by atoms with van der Waals surface area (Å²) in [6.45, 7) is 4.37. The van der Waals surface area contributed by atoms with Crippen molar-refractivity contribution in [2.75, 3.05) is 13.7 Å². The van der Waals surface area contributed by atoms with Gasteiger partial charge in [-0.25, -0.2) is 9.79 Å². The number of halogens is 1. The number of hydrogen-bond donors (Lipinski definition) is 0. The maximum atomic E-state index is 14.3. The Morgan fingerprint density at radius 1 is 1.00 bits per heavy atom. The zero-order valence-electron chi connectivity index (χ0n) is 25.8. The van der Waals surface area contributed by atoms with Crippen LogP contribution in [0.5, 0.6) is 11.5 Å². The minimum Gasteiger partial charge on any atom is -0.496 e. The van der Waals surface area contributed by atoms with Crippen LogP contribution in [-0.4, -0.2) is 24.3 Å². The summed E-state index contributed by atoms with van der Waals surface area (Å²) in [7, 11) is 1.58. The lowest BCUT2D eigenvalue weighted by atomic mass is 9.93. The van der Waals surface area contributed by atoms with Crippen LogP contribution in [0.2, 0.25) is 0 Å². The van der Waals surface area contributed by atoms with Crippen molar-refractivity contribution in [3.63, 3.8) is 0 Å². The number of allylic oxidation sites excluding steroid dienone is 1. The van der Waals surface area contributed by atoms with Crippen LogP contribution in [0.1, 0.15) is 49.4 Å². The first kappa shape index (κ1) is 31.5. The molecule has 0 spiro atoms. The number of rotatable bonds is 10. The normalized spacial score (nSPS) is 14.6. The summed E-state index contributed by atoms with van der Waals surface area (Å²) >= 11 is 4.86. The maximum absolute atomic E-state index is 14.3. The number of thiazole rings is 1. The molecule has 234 valence electrons. The molecule has 9 heteroatoms. The monoisotopic (exact) mass is 696 g/mol. The van der Waals surface area contributed by atoms with Gasteiger partial charge in [-0.15, -0.1) is 0 Å². The molecule has 6 rings (SSSR count). The van der Waals surface area contributed by atoms with Gasteiger partial charge in [0.25, 0.3) is 5.56 Å². The molecule has 0 radical (unpaired) electrons. The van der Waals surface area contributed by atoms with Gasteiger partial charge in [0.05, 0.1) is 29.5 Å². The first-order chi connectivity index (χ1) is 22.4. The molecular formula is C37H33BrN2O5S. The molecule has 1 aliphatic rings. The number of nitrogens with zero attached hydrogens (tertiary/aromatic N) is 2. The number of fused-ring (bicyclic) bond motifs is 2. The Morgan fingerprint density at radius 3 is 2.59 bits per heavy atom. The van der Waals surface area contributed by atoms with Crippen LogP contribution in [-0.2, 0) is 16.1 Å². The lowest BCUT2D eigenvalue weighted by molar-refractivity contribution is -0.139. The molecule has 0 N–H and O–H groups in total. The lowest BCUT2D eigenvalue weighted by Crippen LogP contribution is -2.40. The van der Waals surface area contributed by atoms with Gasteiger partial charge in [-0.2, -0.15) is 0 Å². The average Bonchev–Trinajstić information content (AvgIpc) is 3.37. The molecule has 1 aliphatic heterocycles. The zero-order valence-corrected chi connectivity index (χ0v) is 28.2. The molecule has 1 atom stereocenters. The van der Waals surface area contributed by atoms with Gasteiger partial charge in [0, 0.05) is 15.6 Å². The van der Waals surface area contributed by atoms with E-state index in [1.54, 1.807) is 18.6 Å². The van der Waals surface area contributed by atoms with E-state index in [1.165, 1.54) is 11.3 Å². The molecular weight excluding hydrogens is 664 g/mol.